The van der Waals surface area contributed by atoms with Crippen LogP contribution < -0.4 is 14.9 Å². The number of aromatic nitrogens is 1. The maximum absolute atomic E-state index is 13.8. The van der Waals surface area contributed by atoms with Gasteiger partial charge in [0, 0.05) is 16.5 Å². The molecule has 0 saturated heterocycles. The molecule has 0 amide bonds. The number of esters is 1. The molecule has 1 atom stereocenters. The minimum Gasteiger partial charge on any atom is -0.463 e. The van der Waals surface area contributed by atoms with Gasteiger partial charge in [0.15, 0.2) is 4.80 Å². The second-order valence-electron chi connectivity index (χ2n) is 8.43. The number of rotatable bonds is 6. The summed E-state index contributed by atoms with van der Waals surface area (Å²) < 4.78 is 13.3. The SMILES string of the molecule is CCOC(=O)C1=C(C)N=c2sc(=Cc3ccc(-c4ccccc4C#N)o3)c(=O)n2C1c1ccc(SC)cc1. The largest absolute Gasteiger partial charge is 0.463 e. The minimum absolute atomic E-state index is 0.216. The van der Waals surface area contributed by atoms with Crippen molar-refractivity contribution in [1.82, 2.24) is 4.57 Å². The van der Waals surface area contributed by atoms with Gasteiger partial charge >= 0.3 is 5.97 Å². The number of ether oxygens (including phenoxy) is 1. The van der Waals surface area contributed by atoms with Gasteiger partial charge in [0.05, 0.1) is 40.1 Å². The minimum atomic E-state index is -0.668. The molecule has 1 aliphatic rings. The van der Waals surface area contributed by atoms with Crippen LogP contribution in [0.2, 0.25) is 0 Å². The third kappa shape index (κ3) is 4.64. The third-order valence-electron chi connectivity index (χ3n) is 6.16. The summed E-state index contributed by atoms with van der Waals surface area (Å²) >= 11 is 2.85. The van der Waals surface area contributed by atoms with Crippen molar-refractivity contribution < 1.29 is 13.9 Å². The molecule has 7 nitrogen and oxygen atoms in total. The molecule has 0 aliphatic carbocycles. The summed E-state index contributed by atoms with van der Waals surface area (Å²) in [6, 6.07) is 20.0. The van der Waals surface area contributed by atoms with Crippen molar-refractivity contribution in [2.24, 2.45) is 4.99 Å². The van der Waals surface area contributed by atoms with Gasteiger partial charge in [0.25, 0.3) is 5.56 Å². The molecule has 1 aliphatic heterocycles. The average Bonchev–Trinajstić information content (AvgIpc) is 3.52. The fourth-order valence-electron chi connectivity index (χ4n) is 4.39. The Balaban J connectivity index is 1.64. The van der Waals surface area contributed by atoms with Crippen LogP contribution in [0.1, 0.15) is 36.8 Å². The molecule has 0 bridgehead atoms. The van der Waals surface area contributed by atoms with Crippen molar-refractivity contribution in [3.05, 3.63) is 109 Å². The Labute approximate surface area is 227 Å². The molecule has 0 N–H and O–H groups in total. The molecule has 5 rings (SSSR count). The van der Waals surface area contributed by atoms with E-state index in [-0.39, 0.29) is 12.2 Å². The van der Waals surface area contributed by atoms with Crippen molar-refractivity contribution in [2.75, 3.05) is 12.9 Å². The summed E-state index contributed by atoms with van der Waals surface area (Å²) in [7, 11) is 0. The van der Waals surface area contributed by atoms with Gasteiger partial charge in [-0.15, -0.1) is 11.8 Å². The number of hydrogen-bond donors (Lipinski definition) is 0. The lowest BCUT2D eigenvalue weighted by molar-refractivity contribution is -0.139. The normalized spacial score (nSPS) is 15.1. The molecule has 2 aromatic heterocycles. The van der Waals surface area contributed by atoms with E-state index < -0.39 is 12.0 Å². The van der Waals surface area contributed by atoms with Gasteiger partial charge in [0.2, 0.25) is 0 Å². The number of carbonyl (C=O) groups is 1. The van der Waals surface area contributed by atoms with Gasteiger partial charge in [-0.2, -0.15) is 5.26 Å². The molecule has 4 aromatic rings. The molecule has 0 radical (unpaired) electrons. The van der Waals surface area contributed by atoms with Crippen molar-refractivity contribution >= 4 is 35.1 Å². The molecule has 1 unspecified atom stereocenters. The highest BCUT2D eigenvalue weighted by atomic mass is 32.2. The summed E-state index contributed by atoms with van der Waals surface area (Å²) in [4.78, 5) is 33.0. The highest BCUT2D eigenvalue weighted by Gasteiger charge is 2.33. The van der Waals surface area contributed by atoms with E-state index in [0.29, 0.717) is 43.3 Å². The first-order valence-corrected chi connectivity index (χ1v) is 13.9. The lowest BCUT2D eigenvalue weighted by Crippen LogP contribution is -2.39. The molecular weight excluding hydrogens is 518 g/mol. The van der Waals surface area contributed by atoms with Gasteiger partial charge < -0.3 is 9.15 Å². The van der Waals surface area contributed by atoms with Crippen LogP contribution in [0.5, 0.6) is 0 Å². The Morgan fingerprint density at radius 3 is 2.68 bits per heavy atom. The number of thioether (sulfide) groups is 1. The van der Waals surface area contributed by atoms with Crippen LogP contribution in [0, 0.1) is 11.3 Å². The number of allylic oxidation sites excluding steroid dienone is 1. The van der Waals surface area contributed by atoms with Crippen LogP contribution in [-0.2, 0) is 9.53 Å². The number of thiazole rings is 1. The van der Waals surface area contributed by atoms with E-state index in [2.05, 4.69) is 11.1 Å². The number of benzene rings is 2. The zero-order valence-corrected chi connectivity index (χ0v) is 22.6. The zero-order valence-electron chi connectivity index (χ0n) is 20.9. The lowest BCUT2D eigenvalue weighted by Gasteiger charge is -2.24. The van der Waals surface area contributed by atoms with Gasteiger partial charge in [-0.1, -0.05) is 35.6 Å². The fourth-order valence-corrected chi connectivity index (χ4v) is 5.83. The summed E-state index contributed by atoms with van der Waals surface area (Å²) in [5, 5.41) is 9.42. The summed E-state index contributed by atoms with van der Waals surface area (Å²) in [5.74, 6) is 0.516. The van der Waals surface area contributed by atoms with Gasteiger partial charge in [-0.05, 0) is 62.1 Å². The molecule has 0 saturated carbocycles. The quantitative estimate of drug-likeness (QED) is 0.260. The third-order valence-corrected chi connectivity index (χ3v) is 7.89. The van der Waals surface area contributed by atoms with Crippen LogP contribution >= 0.6 is 23.1 Å². The lowest BCUT2D eigenvalue weighted by atomic mass is 9.96. The smallest absolute Gasteiger partial charge is 0.338 e. The van der Waals surface area contributed by atoms with E-state index in [4.69, 9.17) is 9.15 Å². The van der Waals surface area contributed by atoms with E-state index in [0.717, 1.165) is 10.5 Å². The van der Waals surface area contributed by atoms with Crippen LogP contribution in [0.3, 0.4) is 0 Å². The van der Waals surface area contributed by atoms with Gasteiger partial charge in [0.1, 0.15) is 11.5 Å². The summed E-state index contributed by atoms with van der Waals surface area (Å²) in [6.45, 7) is 3.73. The standard InChI is InChI=1S/C29H23N3O4S2/c1-4-35-28(34)25-17(2)31-29-32(26(25)18-9-12-21(37-3)13-10-18)27(33)24(38-29)15-20-11-14-23(36-20)22-8-6-5-7-19(22)16-30/h5-15,26H,4H2,1-3H3. The van der Waals surface area contributed by atoms with Crippen molar-refractivity contribution in [3.8, 4) is 17.4 Å². The van der Waals surface area contributed by atoms with Gasteiger partial charge in [-0.25, -0.2) is 9.79 Å². The van der Waals surface area contributed by atoms with Crippen molar-refractivity contribution in [2.45, 2.75) is 24.8 Å². The average molecular weight is 542 g/mol. The second-order valence-corrected chi connectivity index (χ2v) is 10.3. The van der Waals surface area contributed by atoms with E-state index >= 15 is 0 Å². The molecular formula is C29H23N3O4S2. The van der Waals surface area contributed by atoms with E-state index in [1.54, 1.807) is 60.5 Å². The molecule has 190 valence electrons. The topological polar surface area (TPSA) is 97.6 Å². The number of hydrogen-bond acceptors (Lipinski definition) is 8. The predicted octanol–water partition coefficient (Wildman–Crippen LogP) is 4.65. The zero-order chi connectivity index (χ0) is 26.8. The maximum atomic E-state index is 13.8. The first-order chi connectivity index (χ1) is 18.4. The Morgan fingerprint density at radius 2 is 1.97 bits per heavy atom. The number of nitrogens with zero attached hydrogens (tertiary/aromatic N) is 3. The van der Waals surface area contributed by atoms with Crippen LogP contribution in [0.25, 0.3) is 17.4 Å². The molecule has 3 heterocycles. The maximum Gasteiger partial charge on any atom is 0.338 e. The number of nitriles is 1. The number of carbonyl (C=O) groups excluding carboxylic acids is 1. The Hall–Kier alpha value is -4.13. The monoisotopic (exact) mass is 541 g/mol. The van der Waals surface area contributed by atoms with Crippen molar-refractivity contribution in [3.63, 3.8) is 0 Å². The van der Waals surface area contributed by atoms with Gasteiger partial charge in [-0.3, -0.25) is 9.36 Å². The Morgan fingerprint density at radius 1 is 1.21 bits per heavy atom. The first kappa shape index (κ1) is 25.5. The summed E-state index contributed by atoms with van der Waals surface area (Å²) in [5.41, 5.74) is 2.56. The first-order valence-electron chi connectivity index (χ1n) is 11.9. The Kier molecular flexibility index (Phi) is 7.18. The van der Waals surface area contributed by atoms with Crippen LogP contribution in [-0.4, -0.2) is 23.4 Å². The molecule has 0 fully saturated rings. The van der Waals surface area contributed by atoms with E-state index in [1.165, 1.54) is 11.3 Å². The van der Waals surface area contributed by atoms with E-state index in [1.807, 2.05) is 42.7 Å². The Bertz CT molecular complexity index is 1790. The fraction of sp³-hybridized carbons (Fsp3) is 0.172. The summed E-state index contributed by atoms with van der Waals surface area (Å²) in [6.07, 6.45) is 3.66. The highest BCUT2D eigenvalue weighted by molar-refractivity contribution is 7.98. The second kappa shape index (κ2) is 10.7. The van der Waals surface area contributed by atoms with Crippen molar-refractivity contribution in [1.29, 1.82) is 5.26 Å². The van der Waals surface area contributed by atoms with Crippen LogP contribution in [0.4, 0.5) is 0 Å². The van der Waals surface area contributed by atoms with E-state index in [9.17, 15) is 14.9 Å². The highest BCUT2D eigenvalue weighted by Crippen LogP contribution is 2.32. The number of furan rings is 1. The molecule has 0 spiro atoms. The predicted molar refractivity (Wildman–Crippen MR) is 147 cm³/mol. The number of fused-ring (bicyclic) bond motifs is 1. The molecule has 2 aromatic carbocycles. The molecule has 9 heteroatoms. The molecule has 38 heavy (non-hydrogen) atoms. The van der Waals surface area contributed by atoms with Crippen LogP contribution in [0.15, 0.2) is 91.0 Å².